The Kier molecular flexibility index (Phi) is 6.71. The number of carbonyl (C=O) groups excluding carboxylic acids is 3. The van der Waals surface area contributed by atoms with Crippen molar-refractivity contribution in [1.82, 2.24) is 15.5 Å². The lowest BCUT2D eigenvalue weighted by Crippen LogP contribution is -2.45. The fourth-order valence-corrected chi connectivity index (χ4v) is 3.06. The van der Waals surface area contributed by atoms with Gasteiger partial charge in [0.05, 0.1) is 0 Å². The summed E-state index contributed by atoms with van der Waals surface area (Å²) in [5.41, 5.74) is -0.718. The number of halogens is 1. The van der Waals surface area contributed by atoms with Gasteiger partial charge in [-0.15, -0.1) is 0 Å². The highest BCUT2D eigenvalue weighted by atomic mass is 19.1. The molecule has 1 aliphatic heterocycles. The summed E-state index contributed by atoms with van der Waals surface area (Å²) in [6, 6.07) is 4.95. The molecule has 0 spiro atoms. The normalized spacial score (nSPS) is 19.6. The molecule has 0 unspecified atom stereocenters. The minimum Gasteiger partial charge on any atom is -0.355 e. The van der Waals surface area contributed by atoms with Gasteiger partial charge >= 0.3 is 6.03 Å². The minimum absolute atomic E-state index is 0.316. The van der Waals surface area contributed by atoms with Gasteiger partial charge in [0.25, 0.3) is 5.91 Å². The van der Waals surface area contributed by atoms with Crippen molar-refractivity contribution in [3.8, 4) is 0 Å². The zero-order valence-electron chi connectivity index (χ0n) is 15.3. The second-order valence-corrected chi connectivity index (χ2v) is 6.54. The topological polar surface area (TPSA) is 78.5 Å². The van der Waals surface area contributed by atoms with E-state index < -0.39 is 23.3 Å². The van der Waals surface area contributed by atoms with Crippen molar-refractivity contribution in [2.45, 2.75) is 51.5 Å². The maximum atomic E-state index is 13.3. The predicted molar refractivity (Wildman–Crippen MR) is 95.8 cm³/mol. The van der Waals surface area contributed by atoms with E-state index in [0.29, 0.717) is 24.9 Å². The number of amides is 4. The molecule has 0 bridgehead atoms. The van der Waals surface area contributed by atoms with Crippen LogP contribution in [0.25, 0.3) is 0 Å². The maximum absolute atomic E-state index is 13.3. The summed E-state index contributed by atoms with van der Waals surface area (Å²) >= 11 is 0. The zero-order valence-corrected chi connectivity index (χ0v) is 15.3. The van der Waals surface area contributed by atoms with E-state index in [1.54, 1.807) is 0 Å². The van der Waals surface area contributed by atoms with E-state index in [1.165, 1.54) is 24.3 Å². The van der Waals surface area contributed by atoms with Crippen LogP contribution in [-0.4, -0.2) is 35.8 Å². The molecule has 0 saturated carbocycles. The molecule has 1 fully saturated rings. The average Bonchev–Trinajstić information content (AvgIpc) is 2.86. The quantitative estimate of drug-likeness (QED) is 0.523. The summed E-state index contributed by atoms with van der Waals surface area (Å²) in [6.45, 7) is 4.19. The molecule has 1 aromatic carbocycles. The van der Waals surface area contributed by atoms with E-state index in [2.05, 4.69) is 10.6 Å². The average molecular weight is 363 g/mol. The van der Waals surface area contributed by atoms with Crippen LogP contribution >= 0.6 is 0 Å². The lowest BCUT2D eigenvalue weighted by molar-refractivity contribution is -0.135. The summed E-state index contributed by atoms with van der Waals surface area (Å²) in [5, 5.41) is 5.45. The van der Waals surface area contributed by atoms with Gasteiger partial charge in [-0.2, -0.15) is 0 Å². The molecule has 6 nitrogen and oxygen atoms in total. The van der Waals surface area contributed by atoms with Gasteiger partial charge in [-0.05, 0) is 30.5 Å². The Labute approximate surface area is 153 Å². The van der Waals surface area contributed by atoms with Gasteiger partial charge in [0, 0.05) is 6.54 Å². The number of urea groups is 1. The van der Waals surface area contributed by atoms with Crippen molar-refractivity contribution in [3.05, 3.63) is 35.6 Å². The number of imide groups is 1. The number of rotatable bonds is 9. The van der Waals surface area contributed by atoms with E-state index in [0.717, 1.165) is 24.2 Å². The molecule has 1 aromatic rings. The standard InChI is InChI=1S/C19H26FN3O3/c1-3-5-11-19(14-7-9-15(20)10-8-14)17(25)23(18(26)22-19)13-16(24)21-12-6-4-2/h7-10H,3-6,11-13H2,1-2H3,(H,21,24)(H,22,26)/t19-/m0/s1. The second kappa shape index (κ2) is 8.78. The smallest absolute Gasteiger partial charge is 0.325 e. The molecule has 1 saturated heterocycles. The molecule has 2 rings (SSSR count). The van der Waals surface area contributed by atoms with Gasteiger partial charge in [-0.3, -0.25) is 14.5 Å². The van der Waals surface area contributed by atoms with Crippen LogP contribution in [-0.2, 0) is 15.1 Å². The fourth-order valence-electron chi connectivity index (χ4n) is 3.06. The molecule has 26 heavy (non-hydrogen) atoms. The first-order chi connectivity index (χ1) is 12.4. The van der Waals surface area contributed by atoms with Gasteiger partial charge < -0.3 is 10.6 Å². The van der Waals surface area contributed by atoms with Crippen LogP contribution in [0.2, 0.25) is 0 Å². The second-order valence-electron chi connectivity index (χ2n) is 6.54. The number of unbranched alkanes of at least 4 members (excludes halogenated alkanes) is 2. The number of nitrogens with zero attached hydrogens (tertiary/aromatic N) is 1. The molecular weight excluding hydrogens is 337 g/mol. The predicted octanol–water partition coefficient (Wildman–Crippen LogP) is 2.68. The summed E-state index contributed by atoms with van der Waals surface area (Å²) in [5.74, 6) is -1.25. The van der Waals surface area contributed by atoms with E-state index in [9.17, 15) is 18.8 Å². The number of hydrogen-bond acceptors (Lipinski definition) is 3. The van der Waals surface area contributed by atoms with Crippen molar-refractivity contribution >= 4 is 17.8 Å². The Morgan fingerprint density at radius 1 is 1.15 bits per heavy atom. The summed E-state index contributed by atoms with van der Waals surface area (Å²) in [4.78, 5) is 38.5. The first-order valence-corrected chi connectivity index (χ1v) is 9.11. The first-order valence-electron chi connectivity index (χ1n) is 9.11. The molecule has 7 heteroatoms. The Morgan fingerprint density at radius 3 is 2.42 bits per heavy atom. The molecule has 0 aliphatic carbocycles. The number of benzene rings is 1. The van der Waals surface area contributed by atoms with Crippen molar-refractivity contribution in [3.63, 3.8) is 0 Å². The summed E-state index contributed by atoms with van der Waals surface area (Å²) in [6.07, 6.45) is 3.72. The van der Waals surface area contributed by atoms with Crippen LogP contribution in [0.5, 0.6) is 0 Å². The third-order valence-electron chi connectivity index (χ3n) is 4.57. The lowest BCUT2D eigenvalue weighted by Gasteiger charge is -2.27. The number of hydrogen-bond donors (Lipinski definition) is 2. The van der Waals surface area contributed by atoms with Crippen LogP contribution in [0.4, 0.5) is 9.18 Å². The molecule has 1 heterocycles. The van der Waals surface area contributed by atoms with E-state index in [1.807, 2.05) is 13.8 Å². The number of carbonyl (C=O) groups is 3. The van der Waals surface area contributed by atoms with Crippen LogP contribution in [0, 0.1) is 5.82 Å². The SMILES string of the molecule is CCCCNC(=O)CN1C(=O)N[C@@](CCCC)(c2ccc(F)cc2)C1=O. The van der Waals surface area contributed by atoms with Crippen molar-refractivity contribution in [2.75, 3.05) is 13.1 Å². The third kappa shape index (κ3) is 4.20. The maximum Gasteiger partial charge on any atom is 0.325 e. The van der Waals surface area contributed by atoms with Crippen molar-refractivity contribution in [1.29, 1.82) is 0 Å². The molecule has 2 N–H and O–H groups in total. The van der Waals surface area contributed by atoms with Crippen LogP contribution in [0.15, 0.2) is 24.3 Å². The van der Waals surface area contributed by atoms with Crippen LogP contribution in [0.1, 0.15) is 51.5 Å². The zero-order chi connectivity index (χ0) is 19.2. The lowest BCUT2D eigenvalue weighted by atomic mass is 9.85. The van der Waals surface area contributed by atoms with Crippen LogP contribution in [0.3, 0.4) is 0 Å². The Hall–Kier alpha value is -2.44. The Bertz CT molecular complexity index is 662. The molecule has 4 amide bonds. The van der Waals surface area contributed by atoms with E-state index >= 15 is 0 Å². The molecular formula is C19H26FN3O3. The minimum atomic E-state index is -1.25. The highest BCUT2D eigenvalue weighted by molar-refractivity contribution is 6.09. The highest BCUT2D eigenvalue weighted by Gasteiger charge is 2.52. The van der Waals surface area contributed by atoms with Gasteiger partial charge in [0.15, 0.2) is 0 Å². The van der Waals surface area contributed by atoms with Gasteiger partial charge in [-0.1, -0.05) is 45.2 Å². The monoisotopic (exact) mass is 363 g/mol. The Morgan fingerprint density at radius 2 is 1.81 bits per heavy atom. The van der Waals surface area contributed by atoms with Crippen molar-refractivity contribution < 1.29 is 18.8 Å². The van der Waals surface area contributed by atoms with Gasteiger partial charge in [0.1, 0.15) is 17.9 Å². The number of nitrogens with one attached hydrogen (secondary N) is 2. The molecule has 0 radical (unpaired) electrons. The summed E-state index contributed by atoms with van der Waals surface area (Å²) in [7, 11) is 0. The third-order valence-corrected chi connectivity index (χ3v) is 4.57. The van der Waals surface area contributed by atoms with Gasteiger partial charge in [-0.25, -0.2) is 9.18 Å². The van der Waals surface area contributed by atoms with Crippen LogP contribution < -0.4 is 10.6 Å². The van der Waals surface area contributed by atoms with Crippen molar-refractivity contribution in [2.24, 2.45) is 0 Å². The molecule has 142 valence electrons. The summed E-state index contributed by atoms with van der Waals surface area (Å²) < 4.78 is 13.3. The fraction of sp³-hybridized carbons (Fsp3) is 0.526. The largest absolute Gasteiger partial charge is 0.355 e. The molecule has 1 aliphatic rings. The molecule has 1 atom stereocenters. The molecule has 0 aromatic heterocycles. The van der Waals surface area contributed by atoms with Gasteiger partial charge in [0.2, 0.25) is 5.91 Å². The van der Waals surface area contributed by atoms with E-state index in [4.69, 9.17) is 0 Å². The highest BCUT2D eigenvalue weighted by Crippen LogP contribution is 2.34. The Balaban J connectivity index is 2.22. The first kappa shape index (κ1) is 19.9. The van der Waals surface area contributed by atoms with E-state index in [-0.39, 0.29) is 12.5 Å².